The first-order chi connectivity index (χ1) is 15.7. The van der Waals surface area contributed by atoms with Gasteiger partial charge in [-0.2, -0.15) is 4.52 Å². The van der Waals surface area contributed by atoms with Crippen molar-refractivity contribution in [3.05, 3.63) is 90.0 Å². The van der Waals surface area contributed by atoms with Crippen LogP contribution in [-0.4, -0.2) is 38.8 Å². The lowest BCUT2D eigenvalue weighted by atomic mass is 9.93. The minimum atomic E-state index is -0.319. The second-order valence-electron chi connectivity index (χ2n) is 7.99. The molecule has 2 aromatic carbocycles. The summed E-state index contributed by atoms with van der Waals surface area (Å²) in [5, 5.41) is 15.6. The number of nitrogens with zero attached hydrogens (tertiary/aromatic N) is 5. The van der Waals surface area contributed by atoms with Gasteiger partial charge < -0.3 is 10.2 Å². The van der Waals surface area contributed by atoms with Gasteiger partial charge in [0, 0.05) is 19.0 Å². The van der Waals surface area contributed by atoms with Crippen molar-refractivity contribution < 1.29 is 9.18 Å². The van der Waals surface area contributed by atoms with E-state index in [1.165, 1.54) is 12.1 Å². The number of rotatable bonds is 5. The second-order valence-corrected chi connectivity index (χ2v) is 7.99. The predicted molar refractivity (Wildman–Crippen MR) is 119 cm³/mol. The van der Waals surface area contributed by atoms with Crippen molar-refractivity contribution in [3.8, 4) is 0 Å². The van der Waals surface area contributed by atoms with Crippen LogP contribution in [0.3, 0.4) is 0 Å². The molecule has 7 nitrogen and oxygen atoms in total. The highest BCUT2D eigenvalue weighted by atomic mass is 19.1. The summed E-state index contributed by atoms with van der Waals surface area (Å²) < 4.78 is 15.1. The quantitative estimate of drug-likeness (QED) is 0.525. The maximum Gasteiger partial charge on any atom is 0.223 e. The number of piperidine rings is 1. The Bertz CT molecular complexity index is 1200. The van der Waals surface area contributed by atoms with E-state index in [2.05, 4.69) is 25.5 Å². The van der Waals surface area contributed by atoms with E-state index in [1.807, 2.05) is 42.5 Å². The lowest BCUT2D eigenvalue weighted by Gasteiger charge is -2.33. The van der Waals surface area contributed by atoms with Crippen LogP contribution in [0, 0.1) is 11.7 Å². The molecule has 3 heterocycles. The molecular formula is C24H23FN6O. The number of carbonyl (C=O) groups excluding carboxylic acids is 1. The summed E-state index contributed by atoms with van der Waals surface area (Å²) in [4.78, 5) is 15.3. The van der Waals surface area contributed by atoms with Gasteiger partial charge in [-0.05, 0) is 48.2 Å². The molecule has 0 bridgehead atoms. The molecule has 1 atom stereocenters. The molecule has 2 aromatic heterocycles. The third kappa shape index (κ3) is 4.16. The second kappa shape index (κ2) is 8.74. The summed E-state index contributed by atoms with van der Waals surface area (Å²) >= 11 is 0. The highest BCUT2D eigenvalue weighted by Crippen LogP contribution is 2.26. The van der Waals surface area contributed by atoms with Gasteiger partial charge in [0.05, 0.1) is 6.04 Å². The number of hydrogen-bond acceptors (Lipinski definition) is 5. The zero-order valence-corrected chi connectivity index (χ0v) is 17.4. The standard InChI is InChI=1S/C24H23FN6O/c25-20-8-6-18(7-9-20)23(17-4-2-1-3-5-17)27-24(32)19-12-14-30(15-13-19)22-11-10-21-28-26-16-31(21)29-22/h1-11,16,19,23H,12-15H2,(H,27,32). The Balaban J connectivity index is 1.27. The molecule has 0 aliphatic carbocycles. The van der Waals surface area contributed by atoms with Gasteiger partial charge in [0.1, 0.15) is 18.0 Å². The van der Waals surface area contributed by atoms with Crippen molar-refractivity contribution in [2.24, 2.45) is 5.92 Å². The van der Waals surface area contributed by atoms with E-state index >= 15 is 0 Å². The molecule has 1 aliphatic rings. The van der Waals surface area contributed by atoms with Gasteiger partial charge in [-0.3, -0.25) is 4.79 Å². The molecule has 5 rings (SSSR count). The molecule has 1 saturated heterocycles. The number of benzene rings is 2. The number of hydrogen-bond donors (Lipinski definition) is 1. The maximum atomic E-state index is 13.4. The van der Waals surface area contributed by atoms with E-state index in [4.69, 9.17) is 0 Å². The van der Waals surface area contributed by atoms with Crippen molar-refractivity contribution in [1.82, 2.24) is 25.1 Å². The van der Waals surface area contributed by atoms with E-state index in [1.54, 1.807) is 23.0 Å². The van der Waals surface area contributed by atoms with Gasteiger partial charge in [0.2, 0.25) is 5.91 Å². The first kappa shape index (κ1) is 20.1. The number of aromatic nitrogens is 4. The van der Waals surface area contributed by atoms with E-state index in [-0.39, 0.29) is 23.7 Å². The number of fused-ring (bicyclic) bond motifs is 1. The Morgan fingerprint density at radius 2 is 1.69 bits per heavy atom. The van der Waals surface area contributed by atoms with E-state index in [9.17, 15) is 9.18 Å². The average molecular weight is 430 g/mol. The van der Waals surface area contributed by atoms with E-state index in [0.717, 1.165) is 42.9 Å². The molecule has 1 fully saturated rings. The first-order valence-corrected chi connectivity index (χ1v) is 10.7. The highest BCUT2D eigenvalue weighted by Gasteiger charge is 2.28. The normalized spacial score (nSPS) is 15.6. The summed E-state index contributed by atoms with van der Waals surface area (Å²) in [6.45, 7) is 1.48. The fraction of sp³-hybridized carbons (Fsp3) is 0.250. The molecule has 4 aromatic rings. The Hall–Kier alpha value is -3.81. The Morgan fingerprint density at radius 3 is 2.44 bits per heavy atom. The van der Waals surface area contributed by atoms with E-state index in [0.29, 0.717) is 5.65 Å². The molecule has 0 radical (unpaired) electrons. The molecule has 0 spiro atoms. The monoisotopic (exact) mass is 430 g/mol. The minimum absolute atomic E-state index is 0.0186. The minimum Gasteiger partial charge on any atom is -0.355 e. The van der Waals surface area contributed by atoms with Crippen LogP contribution < -0.4 is 10.2 Å². The summed E-state index contributed by atoms with van der Waals surface area (Å²) in [6.07, 6.45) is 3.05. The van der Waals surface area contributed by atoms with Crippen LogP contribution in [0.4, 0.5) is 10.2 Å². The predicted octanol–water partition coefficient (Wildman–Crippen LogP) is 3.39. The zero-order valence-electron chi connectivity index (χ0n) is 17.4. The van der Waals surface area contributed by atoms with Crippen molar-refractivity contribution in [1.29, 1.82) is 0 Å². The zero-order chi connectivity index (χ0) is 21.9. The summed E-state index contributed by atoms with van der Waals surface area (Å²) in [5.74, 6) is 0.490. The molecule has 162 valence electrons. The van der Waals surface area contributed by atoms with Crippen LogP contribution in [0.25, 0.3) is 5.65 Å². The van der Waals surface area contributed by atoms with Crippen LogP contribution in [-0.2, 0) is 4.79 Å². The number of halogens is 1. The Labute approximate surface area is 184 Å². The van der Waals surface area contributed by atoms with Crippen molar-refractivity contribution in [2.45, 2.75) is 18.9 Å². The van der Waals surface area contributed by atoms with Crippen molar-refractivity contribution in [3.63, 3.8) is 0 Å². The lowest BCUT2D eigenvalue weighted by molar-refractivity contribution is -0.126. The molecule has 1 unspecified atom stereocenters. The molecular weight excluding hydrogens is 407 g/mol. The summed E-state index contributed by atoms with van der Waals surface area (Å²) in [7, 11) is 0. The van der Waals surface area contributed by atoms with Crippen LogP contribution in [0.2, 0.25) is 0 Å². The van der Waals surface area contributed by atoms with Gasteiger partial charge in [-0.25, -0.2) is 4.39 Å². The number of anilines is 1. The van der Waals surface area contributed by atoms with Crippen LogP contribution in [0.15, 0.2) is 73.1 Å². The first-order valence-electron chi connectivity index (χ1n) is 10.7. The highest BCUT2D eigenvalue weighted by molar-refractivity contribution is 5.80. The smallest absolute Gasteiger partial charge is 0.223 e. The van der Waals surface area contributed by atoms with Crippen LogP contribution >= 0.6 is 0 Å². The Morgan fingerprint density at radius 1 is 0.969 bits per heavy atom. The van der Waals surface area contributed by atoms with E-state index < -0.39 is 0 Å². The lowest BCUT2D eigenvalue weighted by Crippen LogP contribution is -2.42. The molecule has 32 heavy (non-hydrogen) atoms. The van der Waals surface area contributed by atoms with Crippen molar-refractivity contribution in [2.75, 3.05) is 18.0 Å². The topological polar surface area (TPSA) is 75.4 Å². The third-order valence-corrected chi connectivity index (χ3v) is 5.96. The summed E-state index contributed by atoms with van der Waals surface area (Å²) in [6, 6.07) is 19.6. The number of nitrogens with one attached hydrogen (secondary N) is 1. The van der Waals surface area contributed by atoms with Gasteiger partial charge in [-0.1, -0.05) is 42.5 Å². The fourth-order valence-corrected chi connectivity index (χ4v) is 4.18. The number of carbonyl (C=O) groups is 1. The average Bonchev–Trinajstić information content (AvgIpc) is 3.32. The maximum absolute atomic E-state index is 13.4. The van der Waals surface area contributed by atoms with Gasteiger partial charge in [-0.15, -0.1) is 15.3 Å². The van der Waals surface area contributed by atoms with Gasteiger partial charge in [0.15, 0.2) is 5.65 Å². The fourth-order valence-electron chi connectivity index (χ4n) is 4.18. The van der Waals surface area contributed by atoms with Gasteiger partial charge >= 0.3 is 0 Å². The number of amides is 1. The molecule has 1 aliphatic heterocycles. The van der Waals surface area contributed by atoms with Crippen LogP contribution in [0.1, 0.15) is 30.0 Å². The Kier molecular flexibility index (Phi) is 5.49. The summed E-state index contributed by atoms with van der Waals surface area (Å²) in [5.41, 5.74) is 2.53. The largest absolute Gasteiger partial charge is 0.355 e. The third-order valence-electron chi connectivity index (χ3n) is 5.96. The van der Waals surface area contributed by atoms with Gasteiger partial charge in [0.25, 0.3) is 0 Å². The van der Waals surface area contributed by atoms with Crippen molar-refractivity contribution >= 4 is 17.4 Å². The SMILES string of the molecule is O=C(NC(c1ccccc1)c1ccc(F)cc1)C1CCN(c2ccc3nncn3n2)CC1. The molecule has 1 N–H and O–H groups in total. The molecule has 8 heteroatoms. The van der Waals surface area contributed by atoms with Crippen LogP contribution in [0.5, 0.6) is 0 Å². The molecule has 0 saturated carbocycles. The molecule has 1 amide bonds.